The third-order valence-corrected chi connectivity index (χ3v) is 1.14. The average molecular weight is 188 g/mol. The number of hydrogen-bond donors (Lipinski definition) is 2. The zero-order valence-electron chi connectivity index (χ0n) is 7.27. The lowest BCUT2D eigenvalue weighted by Gasteiger charge is -2.03. The summed E-state index contributed by atoms with van der Waals surface area (Å²) < 4.78 is 4.55. The van der Waals surface area contributed by atoms with E-state index >= 15 is 0 Å². The van der Waals surface area contributed by atoms with Crippen LogP contribution in [-0.4, -0.2) is 34.9 Å². The van der Waals surface area contributed by atoms with Gasteiger partial charge in [-0.25, -0.2) is 9.59 Å². The first-order valence-electron chi connectivity index (χ1n) is 3.78. The van der Waals surface area contributed by atoms with Crippen molar-refractivity contribution in [2.45, 2.75) is 19.4 Å². The quantitative estimate of drug-likeness (QED) is 0.466. The van der Waals surface area contributed by atoms with Crippen LogP contribution in [-0.2, 0) is 14.3 Å². The number of ether oxygens (including phenoxy) is 1. The third-order valence-electron chi connectivity index (χ3n) is 1.14. The number of aliphatic hydroxyl groups is 1. The van der Waals surface area contributed by atoms with E-state index in [1.54, 1.807) is 6.92 Å². The molecule has 1 atom stereocenters. The van der Waals surface area contributed by atoms with Crippen molar-refractivity contribution in [3.05, 3.63) is 12.2 Å². The van der Waals surface area contributed by atoms with Crippen molar-refractivity contribution in [1.29, 1.82) is 0 Å². The molecular weight excluding hydrogens is 176 g/mol. The molecule has 0 saturated heterocycles. The molecule has 0 unspecified atom stereocenters. The van der Waals surface area contributed by atoms with Gasteiger partial charge in [0.2, 0.25) is 0 Å². The number of carbonyl (C=O) groups is 2. The summed E-state index contributed by atoms with van der Waals surface area (Å²) in [4.78, 5) is 20.6. The molecule has 5 heteroatoms. The highest BCUT2D eigenvalue weighted by Gasteiger charge is 2.00. The Hall–Kier alpha value is -1.36. The van der Waals surface area contributed by atoms with Gasteiger partial charge in [0, 0.05) is 18.6 Å². The molecule has 0 amide bonds. The van der Waals surface area contributed by atoms with Gasteiger partial charge in [0.1, 0.15) is 0 Å². The van der Waals surface area contributed by atoms with Crippen LogP contribution in [0.15, 0.2) is 12.2 Å². The fourth-order valence-corrected chi connectivity index (χ4v) is 0.518. The first kappa shape index (κ1) is 11.6. The minimum Gasteiger partial charge on any atom is -0.478 e. The molecule has 0 aromatic carbocycles. The van der Waals surface area contributed by atoms with E-state index in [1.165, 1.54) is 0 Å². The monoisotopic (exact) mass is 188 g/mol. The van der Waals surface area contributed by atoms with Gasteiger partial charge < -0.3 is 14.9 Å². The van der Waals surface area contributed by atoms with Crippen LogP contribution in [0.3, 0.4) is 0 Å². The fourth-order valence-electron chi connectivity index (χ4n) is 0.518. The van der Waals surface area contributed by atoms with Gasteiger partial charge in [-0.2, -0.15) is 0 Å². The van der Waals surface area contributed by atoms with Crippen molar-refractivity contribution < 1.29 is 24.5 Å². The largest absolute Gasteiger partial charge is 0.478 e. The summed E-state index contributed by atoms with van der Waals surface area (Å²) >= 11 is 0. The summed E-state index contributed by atoms with van der Waals surface area (Å²) in [7, 11) is 0. The minimum atomic E-state index is -1.20. The summed E-state index contributed by atoms with van der Waals surface area (Å²) in [6.07, 6.45) is 1.33. The van der Waals surface area contributed by atoms with Gasteiger partial charge in [0.05, 0.1) is 12.7 Å². The Morgan fingerprint density at radius 3 is 2.54 bits per heavy atom. The maximum Gasteiger partial charge on any atom is 0.331 e. The molecule has 0 aromatic rings. The first-order valence-corrected chi connectivity index (χ1v) is 3.78. The molecule has 0 aromatic heterocycles. The van der Waals surface area contributed by atoms with Crippen molar-refractivity contribution in [3.63, 3.8) is 0 Å². The number of rotatable bonds is 5. The molecule has 0 rings (SSSR count). The van der Waals surface area contributed by atoms with Gasteiger partial charge in [-0.05, 0) is 6.92 Å². The molecular formula is C8H12O5. The lowest BCUT2D eigenvalue weighted by Crippen LogP contribution is -2.09. The lowest BCUT2D eigenvalue weighted by atomic mass is 10.3. The standard InChI is InChI=1S/C8H12O5/c1-6(9)4-5-13-8(12)3-2-7(10)11/h2-3,6,9H,4-5H2,1H3,(H,10,11)/b3-2+/t6-/m1/s1. The smallest absolute Gasteiger partial charge is 0.331 e. The van der Waals surface area contributed by atoms with Gasteiger partial charge in [0.15, 0.2) is 0 Å². The van der Waals surface area contributed by atoms with Crippen molar-refractivity contribution >= 4 is 11.9 Å². The number of carbonyl (C=O) groups excluding carboxylic acids is 1. The van der Waals surface area contributed by atoms with Crippen molar-refractivity contribution in [3.8, 4) is 0 Å². The average Bonchev–Trinajstić information content (AvgIpc) is 2.00. The van der Waals surface area contributed by atoms with E-state index in [2.05, 4.69) is 4.74 Å². The van der Waals surface area contributed by atoms with Crippen LogP contribution in [0, 0.1) is 0 Å². The minimum absolute atomic E-state index is 0.0838. The van der Waals surface area contributed by atoms with E-state index in [4.69, 9.17) is 10.2 Å². The Morgan fingerprint density at radius 1 is 1.46 bits per heavy atom. The Morgan fingerprint density at radius 2 is 2.08 bits per heavy atom. The second kappa shape index (κ2) is 6.19. The highest BCUT2D eigenvalue weighted by atomic mass is 16.5. The number of carboxylic acids is 1. The summed E-state index contributed by atoms with van der Waals surface area (Å²) in [5, 5.41) is 16.9. The van der Waals surface area contributed by atoms with Gasteiger partial charge in [-0.1, -0.05) is 0 Å². The zero-order valence-corrected chi connectivity index (χ0v) is 7.27. The highest BCUT2D eigenvalue weighted by Crippen LogP contribution is 1.91. The summed E-state index contributed by atoms with van der Waals surface area (Å²) in [6, 6.07) is 0. The number of carboxylic acid groups (broad SMARTS) is 1. The van der Waals surface area contributed by atoms with Crippen LogP contribution in [0.2, 0.25) is 0 Å². The molecule has 0 radical (unpaired) electrons. The van der Waals surface area contributed by atoms with Crippen LogP contribution in [0.4, 0.5) is 0 Å². The summed E-state index contributed by atoms with van der Waals surface area (Å²) in [6.45, 7) is 1.65. The van der Waals surface area contributed by atoms with E-state index < -0.39 is 18.0 Å². The van der Waals surface area contributed by atoms with Gasteiger partial charge in [0.25, 0.3) is 0 Å². The second-order valence-corrected chi connectivity index (χ2v) is 2.48. The number of esters is 1. The van der Waals surface area contributed by atoms with Crippen LogP contribution in [0.1, 0.15) is 13.3 Å². The maximum absolute atomic E-state index is 10.7. The molecule has 0 heterocycles. The molecule has 0 bridgehead atoms. The van der Waals surface area contributed by atoms with Crippen LogP contribution in [0.25, 0.3) is 0 Å². The molecule has 2 N–H and O–H groups in total. The number of hydrogen-bond acceptors (Lipinski definition) is 4. The van der Waals surface area contributed by atoms with Crippen LogP contribution < -0.4 is 0 Å². The fraction of sp³-hybridized carbons (Fsp3) is 0.500. The highest BCUT2D eigenvalue weighted by molar-refractivity contribution is 5.90. The molecule has 13 heavy (non-hydrogen) atoms. The summed E-state index contributed by atoms with van der Waals surface area (Å²) in [5.41, 5.74) is 0. The molecule has 0 aliphatic heterocycles. The zero-order chi connectivity index (χ0) is 10.3. The Bertz CT molecular complexity index is 207. The molecule has 0 aliphatic rings. The predicted octanol–water partition coefficient (Wildman–Crippen LogP) is -0.0587. The Kier molecular flexibility index (Phi) is 5.54. The molecule has 74 valence electrons. The van der Waals surface area contributed by atoms with Crippen molar-refractivity contribution in [1.82, 2.24) is 0 Å². The maximum atomic E-state index is 10.7. The second-order valence-electron chi connectivity index (χ2n) is 2.48. The van der Waals surface area contributed by atoms with E-state index in [0.717, 1.165) is 6.08 Å². The van der Waals surface area contributed by atoms with Gasteiger partial charge >= 0.3 is 11.9 Å². The lowest BCUT2D eigenvalue weighted by molar-refractivity contribution is -0.139. The normalized spacial score (nSPS) is 12.8. The van der Waals surface area contributed by atoms with Crippen molar-refractivity contribution in [2.24, 2.45) is 0 Å². The Balaban J connectivity index is 3.58. The van der Waals surface area contributed by atoms with Crippen LogP contribution >= 0.6 is 0 Å². The summed E-state index contributed by atoms with van der Waals surface area (Å²) in [5.74, 6) is -1.92. The molecule has 0 aliphatic carbocycles. The first-order chi connectivity index (χ1) is 6.02. The Labute approximate surface area is 75.6 Å². The van der Waals surface area contributed by atoms with Crippen molar-refractivity contribution in [2.75, 3.05) is 6.61 Å². The molecule has 0 saturated carbocycles. The molecule has 5 nitrogen and oxygen atoms in total. The SMILES string of the molecule is C[C@@H](O)CCOC(=O)/C=C/C(=O)O. The van der Waals surface area contributed by atoms with Gasteiger partial charge in [-0.15, -0.1) is 0 Å². The number of aliphatic hydroxyl groups excluding tert-OH is 1. The molecule has 0 spiro atoms. The van der Waals surface area contributed by atoms with Gasteiger partial charge in [-0.3, -0.25) is 0 Å². The van der Waals surface area contributed by atoms with Crippen LogP contribution in [0.5, 0.6) is 0 Å². The van der Waals surface area contributed by atoms with E-state index in [9.17, 15) is 9.59 Å². The van der Waals surface area contributed by atoms with E-state index in [-0.39, 0.29) is 6.61 Å². The predicted molar refractivity (Wildman–Crippen MR) is 44.0 cm³/mol. The topological polar surface area (TPSA) is 83.8 Å². The van der Waals surface area contributed by atoms with E-state index in [1.807, 2.05) is 0 Å². The molecule has 0 fully saturated rings. The van der Waals surface area contributed by atoms with E-state index in [0.29, 0.717) is 12.5 Å². The third kappa shape index (κ3) is 8.55. The number of aliphatic carboxylic acids is 1.